The predicted molar refractivity (Wildman–Crippen MR) is 76.7 cm³/mol. The molecule has 0 unspecified atom stereocenters. The first-order chi connectivity index (χ1) is 11.1. The standard InChI is InChI=1S/C14H15F4N3O3/c15-10-6-11(19)12(21(23)24)5-9(10)13(22)20-8-3-1-7(2-4-8)14(16,17)18/h5-8H,1-4,19H2,(H,20,22)/t7-,8-. The maximum atomic E-state index is 13.8. The van der Waals surface area contributed by atoms with E-state index in [0.717, 1.165) is 6.07 Å². The number of rotatable bonds is 3. The molecular weight excluding hydrogens is 334 g/mol. The topological polar surface area (TPSA) is 98.3 Å². The number of halogens is 4. The number of benzene rings is 1. The quantitative estimate of drug-likeness (QED) is 0.379. The van der Waals surface area contributed by atoms with Gasteiger partial charge in [-0.25, -0.2) is 4.39 Å². The van der Waals surface area contributed by atoms with Crippen LogP contribution in [0.5, 0.6) is 0 Å². The zero-order chi connectivity index (χ0) is 18.1. The fourth-order valence-electron chi connectivity index (χ4n) is 2.74. The van der Waals surface area contributed by atoms with E-state index in [1.54, 1.807) is 0 Å². The van der Waals surface area contributed by atoms with Crippen LogP contribution in [0.2, 0.25) is 0 Å². The molecule has 24 heavy (non-hydrogen) atoms. The van der Waals surface area contributed by atoms with Crippen LogP contribution >= 0.6 is 0 Å². The molecule has 10 heteroatoms. The third-order valence-corrected chi connectivity index (χ3v) is 4.08. The van der Waals surface area contributed by atoms with Gasteiger partial charge in [-0.1, -0.05) is 0 Å². The van der Waals surface area contributed by atoms with Crippen LogP contribution in [-0.4, -0.2) is 23.0 Å². The van der Waals surface area contributed by atoms with Gasteiger partial charge in [0.15, 0.2) is 0 Å². The number of carbonyl (C=O) groups is 1. The minimum absolute atomic E-state index is 0.106. The molecule has 0 spiro atoms. The number of nitrogen functional groups attached to an aromatic ring is 1. The number of nitro benzene ring substituents is 1. The van der Waals surface area contributed by atoms with Gasteiger partial charge >= 0.3 is 6.18 Å². The normalized spacial score (nSPS) is 21.3. The molecule has 1 aliphatic carbocycles. The van der Waals surface area contributed by atoms with Gasteiger partial charge in [0.2, 0.25) is 0 Å². The van der Waals surface area contributed by atoms with Crippen LogP contribution < -0.4 is 11.1 Å². The van der Waals surface area contributed by atoms with Crippen molar-refractivity contribution in [2.45, 2.75) is 37.9 Å². The van der Waals surface area contributed by atoms with E-state index in [-0.39, 0.29) is 25.7 Å². The largest absolute Gasteiger partial charge is 0.393 e. The average Bonchev–Trinajstić information content (AvgIpc) is 2.46. The summed E-state index contributed by atoms with van der Waals surface area (Å²) < 4.78 is 51.6. The zero-order valence-electron chi connectivity index (χ0n) is 12.4. The maximum absolute atomic E-state index is 13.8. The number of alkyl halides is 3. The summed E-state index contributed by atoms with van der Waals surface area (Å²) in [5.41, 5.74) is 3.72. The molecule has 0 aliphatic heterocycles. The van der Waals surface area contributed by atoms with Crippen LogP contribution in [0.1, 0.15) is 36.0 Å². The number of amides is 1. The number of nitrogens with zero attached hydrogens (tertiary/aromatic N) is 1. The van der Waals surface area contributed by atoms with Gasteiger partial charge in [-0.05, 0) is 25.7 Å². The molecule has 3 N–H and O–H groups in total. The second-order valence-corrected chi connectivity index (χ2v) is 5.71. The van der Waals surface area contributed by atoms with Gasteiger partial charge in [0.1, 0.15) is 11.5 Å². The van der Waals surface area contributed by atoms with E-state index in [1.807, 2.05) is 0 Å². The first-order valence-corrected chi connectivity index (χ1v) is 7.20. The first-order valence-electron chi connectivity index (χ1n) is 7.20. The van der Waals surface area contributed by atoms with E-state index in [4.69, 9.17) is 5.73 Å². The molecule has 0 aromatic heterocycles. The van der Waals surface area contributed by atoms with E-state index < -0.39 is 51.7 Å². The number of nitro groups is 1. The average molecular weight is 349 g/mol. The number of hydrogen-bond donors (Lipinski definition) is 2. The zero-order valence-corrected chi connectivity index (χ0v) is 12.4. The summed E-state index contributed by atoms with van der Waals surface area (Å²) in [5, 5.41) is 13.2. The number of carbonyl (C=O) groups excluding carboxylic acids is 1. The second kappa shape index (κ2) is 6.62. The summed E-state index contributed by atoms with van der Waals surface area (Å²) in [6.07, 6.45) is -4.31. The number of nitrogens with two attached hydrogens (primary N) is 1. The molecule has 0 radical (unpaired) electrons. The summed E-state index contributed by atoms with van der Waals surface area (Å²) in [4.78, 5) is 22.0. The fourth-order valence-corrected chi connectivity index (χ4v) is 2.74. The van der Waals surface area contributed by atoms with Gasteiger partial charge in [0, 0.05) is 18.2 Å². The summed E-state index contributed by atoms with van der Waals surface area (Å²) in [5.74, 6) is -3.34. The lowest BCUT2D eigenvalue weighted by Crippen LogP contribution is -2.40. The van der Waals surface area contributed by atoms with Crippen LogP contribution in [0, 0.1) is 21.8 Å². The first kappa shape index (κ1) is 18.0. The van der Waals surface area contributed by atoms with Crippen molar-refractivity contribution in [1.82, 2.24) is 5.32 Å². The van der Waals surface area contributed by atoms with Crippen molar-refractivity contribution in [3.8, 4) is 0 Å². The van der Waals surface area contributed by atoms with Crippen molar-refractivity contribution in [1.29, 1.82) is 0 Å². The Labute approximate surface area is 134 Å². The highest BCUT2D eigenvalue weighted by Gasteiger charge is 2.41. The Morgan fingerprint density at radius 1 is 1.25 bits per heavy atom. The molecule has 1 fully saturated rings. The van der Waals surface area contributed by atoms with Crippen LogP contribution in [0.4, 0.5) is 28.9 Å². The van der Waals surface area contributed by atoms with Gasteiger partial charge in [-0.15, -0.1) is 0 Å². The smallest absolute Gasteiger partial charge is 0.391 e. The Kier molecular flexibility index (Phi) is 4.95. The molecule has 0 bridgehead atoms. The van der Waals surface area contributed by atoms with Crippen LogP contribution in [0.15, 0.2) is 12.1 Å². The summed E-state index contributed by atoms with van der Waals surface area (Å²) >= 11 is 0. The van der Waals surface area contributed by atoms with Crippen molar-refractivity contribution < 1.29 is 27.3 Å². The molecule has 2 rings (SSSR count). The monoisotopic (exact) mass is 349 g/mol. The number of hydrogen-bond acceptors (Lipinski definition) is 4. The lowest BCUT2D eigenvalue weighted by atomic mass is 9.85. The molecule has 0 atom stereocenters. The Morgan fingerprint density at radius 2 is 1.83 bits per heavy atom. The van der Waals surface area contributed by atoms with Crippen molar-refractivity contribution in [3.63, 3.8) is 0 Å². The Hall–Kier alpha value is -2.39. The maximum Gasteiger partial charge on any atom is 0.391 e. The third kappa shape index (κ3) is 3.92. The van der Waals surface area contributed by atoms with Gasteiger partial charge in [-0.3, -0.25) is 14.9 Å². The number of anilines is 1. The van der Waals surface area contributed by atoms with E-state index in [1.165, 1.54) is 0 Å². The lowest BCUT2D eigenvalue weighted by molar-refractivity contribution is -0.384. The molecule has 1 aliphatic rings. The van der Waals surface area contributed by atoms with Crippen molar-refractivity contribution in [3.05, 3.63) is 33.6 Å². The Morgan fingerprint density at radius 3 is 2.33 bits per heavy atom. The molecule has 1 saturated carbocycles. The van der Waals surface area contributed by atoms with E-state index in [0.29, 0.717) is 6.07 Å². The summed E-state index contributed by atoms with van der Waals surface area (Å²) in [6.45, 7) is 0. The lowest BCUT2D eigenvalue weighted by Gasteiger charge is -2.30. The molecule has 0 saturated heterocycles. The predicted octanol–water partition coefficient (Wildman–Crippen LogP) is 3.17. The second-order valence-electron chi connectivity index (χ2n) is 5.71. The highest BCUT2D eigenvalue weighted by molar-refractivity contribution is 5.96. The van der Waals surface area contributed by atoms with E-state index in [2.05, 4.69) is 5.32 Å². The summed E-state index contributed by atoms with van der Waals surface area (Å²) in [6, 6.07) is 0.863. The van der Waals surface area contributed by atoms with Crippen LogP contribution in [0.25, 0.3) is 0 Å². The molecule has 0 heterocycles. The minimum atomic E-state index is -4.27. The molecule has 1 aromatic rings. The van der Waals surface area contributed by atoms with Gasteiger partial charge in [0.25, 0.3) is 11.6 Å². The molecule has 132 valence electrons. The van der Waals surface area contributed by atoms with E-state index in [9.17, 15) is 32.5 Å². The van der Waals surface area contributed by atoms with Crippen molar-refractivity contribution in [2.75, 3.05) is 5.73 Å². The Bertz CT molecular complexity index is 655. The summed E-state index contributed by atoms with van der Waals surface area (Å²) in [7, 11) is 0. The minimum Gasteiger partial charge on any atom is -0.393 e. The van der Waals surface area contributed by atoms with Gasteiger partial charge in [-0.2, -0.15) is 13.2 Å². The van der Waals surface area contributed by atoms with Crippen molar-refractivity contribution in [2.24, 2.45) is 5.92 Å². The van der Waals surface area contributed by atoms with Crippen molar-refractivity contribution >= 4 is 17.3 Å². The molecular formula is C14H15F4N3O3. The number of nitrogens with one attached hydrogen (secondary N) is 1. The van der Waals surface area contributed by atoms with Gasteiger partial charge < -0.3 is 11.1 Å². The van der Waals surface area contributed by atoms with E-state index >= 15 is 0 Å². The van der Waals surface area contributed by atoms with Crippen LogP contribution in [-0.2, 0) is 0 Å². The molecule has 1 aromatic carbocycles. The molecule has 1 amide bonds. The third-order valence-electron chi connectivity index (χ3n) is 4.08. The highest BCUT2D eigenvalue weighted by Crippen LogP contribution is 2.37. The van der Waals surface area contributed by atoms with Crippen LogP contribution in [0.3, 0.4) is 0 Å². The fraction of sp³-hybridized carbons (Fsp3) is 0.500. The molecule has 6 nitrogen and oxygen atoms in total. The van der Waals surface area contributed by atoms with Gasteiger partial charge in [0.05, 0.1) is 16.4 Å². The highest BCUT2D eigenvalue weighted by atomic mass is 19.4. The SMILES string of the molecule is Nc1cc(F)c(C(=O)N[C@H]2CC[C@H](C(F)(F)F)CC2)cc1[N+](=O)[O-]. The Balaban J connectivity index is 2.06.